The smallest absolute Gasteiger partial charge is 0.139 e. The van der Waals surface area contributed by atoms with Gasteiger partial charge in [0.1, 0.15) is 5.01 Å². The summed E-state index contributed by atoms with van der Waals surface area (Å²) in [7, 11) is 0. The summed E-state index contributed by atoms with van der Waals surface area (Å²) in [5, 5.41) is 4.96. The topological polar surface area (TPSA) is 54.7 Å². The quantitative estimate of drug-likeness (QED) is 0.679. The van der Waals surface area contributed by atoms with Gasteiger partial charge in [-0.25, -0.2) is 4.98 Å². The first-order valence-corrected chi connectivity index (χ1v) is 8.37. The van der Waals surface area contributed by atoms with Crippen molar-refractivity contribution in [2.45, 2.75) is 26.2 Å². The summed E-state index contributed by atoms with van der Waals surface area (Å²) >= 11 is 8.11. The number of unbranched alkanes of at least 4 members (excludes halogenated alkanes) is 1. The summed E-state index contributed by atoms with van der Waals surface area (Å²) in [6, 6.07) is 4.03. The van der Waals surface area contributed by atoms with Crippen molar-refractivity contribution in [2.24, 2.45) is 5.73 Å². The lowest BCUT2D eigenvalue weighted by molar-refractivity contribution is 0.748. The molecular formula is C16H18ClN3S. The largest absolute Gasteiger partial charge is 0.352 e. The fraction of sp³-hybridized carbons (Fsp3) is 0.312. The predicted octanol–water partition coefficient (Wildman–Crippen LogP) is 4.53. The Kier molecular flexibility index (Phi) is 4.29. The molecule has 0 saturated heterocycles. The molecule has 3 rings (SSSR count). The Balaban J connectivity index is 2.18. The van der Waals surface area contributed by atoms with Gasteiger partial charge in [-0.2, -0.15) is 0 Å². The summed E-state index contributed by atoms with van der Waals surface area (Å²) in [4.78, 5) is 7.98. The van der Waals surface area contributed by atoms with Crippen LogP contribution in [-0.2, 0) is 6.42 Å². The molecule has 110 valence electrons. The Morgan fingerprint density at radius 2 is 2.19 bits per heavy atom. The number of halogens is 1. The van der Waals surface area contributed by atoms with E-state index in [9.17, 15) is 0 Å². The second-order valence-electron chi connectivity index (χ2n) is 5.18. The van der Waals surface area contributed by atoms with Gasteiger partial charge in [0, 0.05) is 17.0 Å². The molecule has 2 heterocycles. The van der Waals surface area contributed by atoms with Crippen LogP contribution in [0.1, 0.15) is 24.0 Å². The van der Waals surface area contributed by atoms with Gasteiger partial charge in [0.25, 0.3) is 0 Å². The fourth-order valence-corrected chi connectivity index (χ4v) is 3.62. The molecule has 0 spiro atoms. The third kappa shape index (κ3) is 2.71. The molecule has 5 heteroatoms. The number of rotatable bonds is 5. The van der Waals surface area contributed by atoms with E-state index in [1.54, 1.807) is 11.3 Å². The molecule has 0 aliphatic heterocycles. The molecule has 21 heavy (non-hydrogen) atoms. The first-order chi connectivity index (χ1) is 10.2. The molecule has 0 unspecified atom stereocenters. The van der Waals surface area contributed by atoms with Crippen molar-refractivity contribution < 1.29 is 0 Å². The van der Waals surface area contributed by atoms with Gasteiger partial charge >= 0.3 is 0 Å². The number of H-pyrrole nitrogens is 1. The van der Waals surface area contributed by atoms with Crippen LogP contribution in [0.15, 0.2) is 23.7 Å². The van der Waals surface area contributed by atoms with Crippen LogP contribution in [0, 0.1) is 6.92 Å². The van der Waals surface area contributed by atoms with E-state index in [-0.39, 0.29) is 0 Å². The minimum Gasteiger partial charge on any atom is -0.352 e. The van der Waals surface area contributed by atoms with Crippen LogP contribution in [0.2, 0.25) is 5.02 Å². The van der Waals surface area contributed by atoms with Crippen LogP contribution in [-0.4, -0.2) is 16.5 Å². The third-order valence-electron chi connectivity index (χ3n) is 3.74. The van der Waals surface area contributed by atoms with Crippen LogP contribution in [0.5, 0.6) is 0 Å². The van der Waals surface area contributed by atoms with Crippen molar-refractivity contribution in [3.05, 3.63) is 39.9 Å². The zero-order chi connectivity index (χ0) is 14.8. The summed E-state index contributed by atoms with van der Waals surface area (Å²) < 4.78 is 0. The molecule has 3 nitrogen and oxygen atoms in total. The van der Waals surface area contributed by atoms with Crippen molar-refractivity contribution in [3.8, 4) is 10.7 Å². The highest BCUT2D eigenvalue weighted by molar-refractivity contribution is 7.13. The number of hydrogen-bond acceptors (Lipinski definition) is 3. The monoisotopic (exact) mass is 319 g/mol. The highest BCUT2D eigenvalue weighted by Gasteiger charge is 2.17. The van der Waals surface area contributed by atoms with Gasteiger partial charge in [-0.15, -0.1) is 11.3 Å². The van der Waals surface area contributed by atoms with Gasteiger partial charge in [0.2, 0.25) is 0 Å². The molecule has 0 radical (unpaired) electrons. The number of nitrogens with zero attached hydrogens (tertiary/aromatic N) is 1. The minimum absolute atomic E-state index is 0.724. The van der Waals surface area contributed by atoms with E-state index >= 15 is 0 Å². The van der Waals surface area contributed by atoms with Gasteiger partial charge < -0.3 is 10.7 Å². The van der Waals surface area contributed by atoms with Crippen LogP contribution < -0.4 is 5.73 Å². The number of aromatic amines is 1. The van der Waals surface area contributed by atoms with Gasteiger partial charge in [0.05, 0.1) is 16.2 Å². The normalized spacial score (nSPS) is 11.4. The number of aromatic nitrogens is 2. The van der Waals surface area contributed by atoms with Crippen molar-refractivity contribution in [2.75, 3.05) is 6.54 Å². The van der Waals surface area contributed by atoms with Gasteiger partial charge in [0.15, 0.2) is 0 Å². The van der Waals surface area contributed by atoms with Gasteiger partial charge in [-0.05, 0) is 49.9 Å². The highest BCUT2D eigenvalue weighted by Crippen LogP contribution is 2.37. The summed E-state index contributed by atoms with van der Waals surface area (Å²) in [5.41, 5.74) is 10.3. The zero-order valence-electron chi connectivity index (χ0n) is 11.9. The third-order valence-corrected chi connectivity index (χ3v) is 4.85. The standard InChI is InChI=1S/C16H18ClN3S/c1-10-5-6-12(17)13-11(4-2-3-7-18)15(20-14(10)13)16-19-8-9-21-16/h5-6,8-9,20H,2-4,7,18H2,1H3. The van der Waals surface area contributed by atoms with E-state index in [1.807, 2.05) is 17.6 Å². The van der Waals surface area contributed by atoms with E-state index in [0.717, 1.165) is 52.4 Å². The highest BCUT2D eigenvalue weighted by atomic mass is 35.5. The Hall–Kier alpha value is -1.36. The van der Waals surface area contributed by atoms with Gasteiger partial charge in [-0.3, -0.25) is 0 Å². The van der Waals surface area contributed by atoms with Crippen LogP contribution in [0.3, 0.4) is 0 Å². The molecule has 2 aromatic heterocycles. The molecule has 0 bridgehead atoms. The molecule has 0 fully saturated rings. The van der Waals surface area contributed by atoms with Crippen molar-refractivity contribution in [3.63, 3.8) is 0 Å². The van der Waals surface area contributed by atoms with E-state index in [0.29, 0.717) is 0 Å². The SMILES string of the molecule is Cc1ccc(Cl)c2c(CCCCN)c(-c3nccs3)[nH]c12. The Morgan fingerprint density at radius 3 is 2.90 bits per heavy atom. The molecule has 0 aliphatic rings. The van der Waals surface area contributed by atoms with Crippen LogP contribution in [0.4, 0.5) is 0 Å². The molecule has 0 saturated carbocycles. The van der Waals surface area contributed by atoms with E-state index in [2.05, 4.69) is 23.0 Å². The maximum atomic E-state index is 6.46. The lowest BCUT2D eigenvalue weighted by Gasteiger charge is -2.04. The lowest BCUT2D eigenvalue weighted by Crippen LogP contribution is -1.99. The van der Waals surface area contributed by atoms with Crippen LogP contribution >= 0.6 is 22.9 Å². The minimum atomic E-state index is 0.724. The number of nitrogens with two attached hydrogens (primary N) is 1. The number of fused-ring (bicyclic) bond motifs is 1. The number of benzene rings is 1. The molecule has 0 amide bonds. The Morgan fingerprint density at radius 1 is 1.33 bits per heavy atom. The number of hydrogen-bond donors (Lipinski definition) is 2. The Bertz CT molecular complexity index is 747. The molecule has 3 N–H and O–H groups in total. The molecule has 0 atom stereocenters. The maximum absolute atomic E-state index is 6.46. The van der Waals surface area contributed by atoms with Crippen molar-refractivity contribution in [1.82, 2.24) is 9.97 Å². The van der Waals surface area contributed by atoms with Crippen molar-refractivity contribution >= 4 is 33.8 Å². The summed E-state index contributed by atoms with van der Waals surface area (Å²) in [6.45, 7) is 2.83. The number of aryl methyl sites for hydroxylation is 2. The lowest BCUT2D eigenvalue weighted by atomic mass is 10.0. The molecule has 3 aromatic rings. The van der Waals surface area contributed by atoms with E-state index in [4.69, 9.17) is 17.3 Å². The van der Waals surface area contributed by atoms with Gasteiger partial charge in [-0.1, -0.05) is 17.7 Å². The first kappa shape index (κ1) is 14.6. The van der Waals surface area contributed by atoms with E-state index in [1.165, 1.54) is 11.1 Å². The summed E-state index contributed by atoms with van der Waals surface area (Å²) in [6.07, 6.45) is 4.89. The Labute approximate surface area is 133 Å². The summed E-state index contributed by atoms with van der Waals surface area (Å²) in [5.74, 6) is 0. The molecular weight excluding hydrogens is 302 g/mol. The average Bonchev–Trinajstić information content (AvgIpc) is 3.11. The maximum Gasteiger partial charge on any atom is 0.139 e. The number of nitrogens with one attached hydrogen (secondary N) is 1. The average molecular weight is 320 g/mol. The van der Waals surface area contributed by atoms with Crippen molar-refractivity contribution in [1.29, 1.82) is 0 Å². The first-order valence-electron chi connectivity index (χ1n) is 7.12. The zero-order valence-corrected chi connectivity index (χ0v) is 13.5. The number of thiazole rings is 1. The predicted molar refractivity (Wildman–Crippen MR) is 91.1 cm³/mol. The fourth-order valence-electron chi connectivity index (χ4n) is 2.69. The molecule has 1 aromatic carbocycles. The van der Waals surface area contributed by atoms with Crippen LogP contribution in [0.25, 0.3) is 21.6 Å². The van der Waals surface area contributed by atoms with E-state index < -0.39 is 0 Å². The molecule has 0 aliphatic carbocycles. The second kappa shape index (κ2) is 6.18. The second-order valence-corrected chi connectivity index (χ2v) is 6.48.